The smallest absolute Gasteiger partial charge is 0.319 e. The molecule has 0 radical (unpaired) electrons. The summed E-state index contributed by atoms with van der Waals surface area (Å²) in [5.74, 6) is 1.09. The van der Waals surface area contributed by atoms with Gasteiger partial charge in [-0.05, 0) is 26.0 Å². The average Bonchev–Trinajstić information content (AvgIpc) is 3.24. The molecule has 0 aliphatic rings. The van der Waals surface area contributed by atoms with Crippen molar-refractivity contribution in [3.8, 4) is 11.3 Å². The third-order valence-corrected chi connectivity index (χ3v) is 4.48. The highest BCUT2D eigenvalue weighted by atomic mass is 32.1. The Balaban J connectivity index is 1.64. The number of nitrogens with one attached hydrogen (secondary N) is 2. The van der Waals surface area contributed by atoms with E-state index in [4.69, 9.17) is 4.42 Å². The van der Waals surface area contributed by atoms with E-state index in [1.807, 2.05) is 50.4 Å². The van der Waals surface area contributed by atoms with Gasteiger partial charge in [-0.2, -0.15) is 0 Å². The van der Waals surface area contributed by atoms with Crippen molar-refractivity contribution in [1.82, 2.24) is 20.5 Å². The Morgan fingerprint density at radius 1 is 1.19 bits per heavy atom. The molecule has 0 fully saturated rings. The van der Waals surface area contributed by atoms with E-state index < -0.39 is 0 Å². The van der Waals surface area contributed by atoms with E-state index in [2.05, 4.69) is 25.8 Å². The van der Waals surface area contributed by atoms with Gasteiger partial charge >= 0.3 is 6.03 Å². The van der Waals surface area contributed by atoms with Crippen molar-refractivity contribution in [2.75, 3.05) is 5.32 Å². The van der Waals surface area contributed by atoms with Gasteiger partial charge in [0.2, 0.25) is 11.8 Å². The summed E-state index contributed by atoms with van der Waals surface area (Å²) in [7, 11) is 0. The van der Waals surface area contributed by atoms with Gasteiger partial charge in [0.1, 0.15) is 6.04 Å². The van der Waals surface area contributed by atoms with Gasteiger partial charge in [0.15, 0.2) is 0 Å². The number of hydrogen-bond donors (Lipinski definition) is 2. The number of amides is 2. The highest BCUT2D eigenvalue weighted by molar-refractivity contribution is 7.09. The summed E-state index contributed by atoms with van der Waals surface area (Å²) >= 11 is 1.59. The van der Waals surface area contributed by atoms with Gasteiger partial charge in [0.05, 0.1) is 10.7 Å². The molecule has 2 N–H and O–H groups in total. The maximum Gasteiger partial charge on any atom is 0.319 e. The quantitative estimate of drug-likeness (QED) is 0.688. The summed E-state index contributed by atoms with van der Waals surface area (Å²) in [5.41, 5.74) is 2.54. The van der Waals surface area contributed by atoms with Gasteiger partial charge in [-0.15, -0.1) is 21.5 Å². The van der Waals surface area contributed by atoms with E-state index in [0.717, 1.165) is 16.3 Å². The van der Waals surface area contributed by atoms with Crippen LogP contribution in [0.5, 0.6) is 0 Å². The molecule has 1 unspecified atom stereocenters. The number of aromatic nitrogens is 3. The minimum absolute atomic E-state index is 0.148. The standard InChI is InChI=1S/C18H21N5O2S/c1-10(2)16-22-23-17(25-16)11(3)19-18(24)21-14-7-5-6-13(8-14)15-9-26-12(4)20-15/h5-11H,1-4H3,(H2,19,21,24). The molecule has 1 atom stereocenters. The van der Waals surface area contributed by atoms with Crippen LogP contribution in [0.2, 0.25) is 0 Å². The Bertz CT molecular complexity index is 902. The fourth-order valence-corrected chi connectivity index (χ4v) is 2.95. The van der Waals surface area contributed by atoms with Crippen LogP contribution < -0.4 is 10.6 Å². The van der Waals surface area contributed by atoms with Gasteiger partial charge < -0.3 is 15.1 Å². The van der Waals surface area contributed by atoms with E-state index in [1.165, 1.54) is 0 Å². The molecule has 1 aromatic carbocycles. The normalized spacial score (nSPS) is 12.2. The van der Waals surface area contributed by atoms with Crippen LogP contribution in [0.1, 0.15) is 49.5 Å². The Hall–Kier alpha value is -2.74. The van der Waals surface area contributed by atoms with Crippen molar-refractivity contribution < 1.29 is 9.21 Å². The topological polar surface area (TPSA) is 92.9 Å². The second-order valence-electron chi connectivity index (χ2n) is 6.29. The summed E-state index contributed by atoms with van der Waals surface area (Å²) in [6, 6.07) is 6.84. The second-order valence-corrected chi connectivity index (χ2v) is 7.35. The van der Waals surface area contributed by atoms with E-state index in [9.17, 15) is 4.79 Å². The molecule has 3 rings (SSSR count). The van der Waals surface area contributed by atoms with Crippen LogP contribution in [0.25, 0.3) is 11.3 Å². The third kappa shape index (κ3) is 4.26. The largest absolute Gasteiger partial charge is 0.423 e. The van der Waals surface area contributed by atoms with Crippen LogP contribution >= 0.6 is 11.3 Å². The molecule has 7 nitrogen and oxygen atoms in total. The number of thiazole rings is 1. The molecule has 2 amide bonds. The van der Waals surface area contributed by atoms with Gasteiger partial charge in [-0.3, -0.25) is 0 Å². The van der Waals surface area contributed by atoms with Crippen molar-refractivity contribution in [3.63, 3.8) is 0 Å². The number of urea groups is 1. The van der Waals surface area contributed by atoms with Crippen molar-refractivity contribution >= 4 is 23.1 Å². The Labute approximate surface area is 155 Å². The minimum atomic E-state index is -0.389. The van der Waals surface area contributed by atoms with Gasteiger partial charge in [-0.1, -0.05) is 26.0 Å². The number of benzene rings is 1. The lowest BCUT2D eigenvalue weighted by Gasteiger charge is -2.12. The fourth-order valence-electron chi connectivity index (χ4n) is 2.33. The molecule has 0 saturated carbocycles. The number of carbonyl (C=O) groups excluding carboxylic acids is 1. The van der Waals surface area contributed by atoms with Crippen molar-refractivity contribution in [3.05, 3.63) is 46.4 Å². The Morgan fingerprint density at radius 3 is 2.62 bits per heavy atom. The molecule has 0 aliphatic carbocycles. The van der Waals surface area contributed by atoms with Gasteiger partial charge in [0.25, 0.3) is 0 Å². The van der Waals surface area contributed by atoms with E-state index in [1.54, 1.807) is 18.3 Å². The first-order valence-corrected chi connectivity index (χ1v) is 9.23. The molecule has 8 heteroatoms. The number of nitrogens with zero attached hydrogens (tertiary/aromatic N) is 3. The lowest BCUT2D eigenvalue weighted by Crippen LogP contribution is -2.31. The van der Waals surface area contributed by atoms with Crippen molar-refractivity contribution in [2.45, 2.75) is 39.7 Å². The van der Waals surface area contributed by atoms with E-state index in [-0.39, 0.29) is 18.0 Å². The molecule has 3 aromatic rings. The molecule has 136 valence electrons. The summed E-state index contributed by atoms with van der Waals surface area (Å²) in [4.78, 5) is 16.7. The molecule has 2 aromatic heterocycles. The van der Waals surface area contributed by atoms with Crippen molar-refractivity contribution in [1.29, 1.82) is 0 Å². The average molecular weight is 371 g/mol. The van der Waals surface area contributed by atoms with Crippen LogP contribution in [0.3, 0.4) is 0 Å². The predicted molar refractivity (Wildman–Crippen MR) is 101 cm³/mol. The Morgan fingerprint density at radius 2 is 1.96 bits per heavy atom. The first-order chi connectivity index (χ1) is 12.4. The lowest BCUT2D eigenvalue weighted by molar-refractivity contribution is 0.246. The fraction of sp³-hybridized carbons (Fsp3) is 0.333. The molecule has 0 aliphatic heterocycles. The minimum Gasteiger partial charge on any atom is -0.423 e. The lowest BCUT2D eigenvalue weighted by atomic mass is 10.1. The molecule has 0 saturated heterocycles. The van der Waals surface area contributed by atoms with Gasteiger partial charge in [0, 0.05) is 22.5 Å². The number of anilines is 1. The summed E-state index contributed by atoms with van der Waals surface area (Å²) in [6.45, 7) is 7.71. The van der Waals surface area contributed by atoms with Crippen LogP contribution in [0.4, 0.5) is 10.5 Å². The molecule has 26 heavy (non-hydrogen) atoms. The van der Waals surface area contributed by atoms with Crippen LogP contribution in [0, 0.1) is 6.92 Å². The van der Waals surface area contributed by atoms with Gasteiger partial charge in [-0.25, -0.2) is 9.78 Å². The maximum atomic E-state index is 12.3. The van der Waals surface area contributed by atoms with Crippen LogP contribution in [0.15, 0.2) is 34.1 Å². The van der Waals surface area contributed by atoms with Crippen LogP contribution in [-0.4, -0.2) is 21.2 Å². The number of hydrogen-bond acceptors (Lipinski definition) is 6. The molecule has 0 bridgehead atoms. The zero-order valence-electron chi connectivity index (χ0n) is 15.1. The zero-order chi connectivity index (χ0) is 18.7. The number of aryl methyl sites for hydroxylation is 1. The monoisotopic (exact) mass is 371 g/mol. The summed E-state index contributed by atoms with van der Waals surface area (Å²) in [6.07, 6.45) is 0. The van der Waals surface area contributed by atoms with E-state index in [0.29, 0.717) is 17.5 Å². The second kappa shape index (κ2) is 7.65. The van der Waals surface area contributed by atoms with Crippen LogP contribution in [-0.2, 0) is 0 Å². The highest BCUT2D eigenvalue weighted by Gasteiger charge is 2.17. The number of carbonyl (C=O) groups is 1. The molecule has 0 spiro atoms. The predicted octanol–water partition coefficient (Wildman–Crippen LogP) is 4.51. The molecular weight excluding hydrogens is 350 g/mol. The highest BCUT2D eigenvalue weighted by Crippen LogP contribution is 2.24. The van der Waals surface area contributed by atoms with Crippen molar-refractivity contribution in [2.24, 2.45) is 0 Å². The summed E-state index contributed by atoms with van der Waals surface area (Å²) < 4.78 is 5.57. The number of rotatable bonds is 5. The maximum absolute atomic E-state index is 12.3. The molecule has 2 heterocycles. The Kier molecular flexibility index (Phi) is 5.32. The van der Waals surface area contributed by atoms with E-state index >= 15 is 0 Å². The zero-order valence-corrected chi connectivity index (χ0v) is 15.9. The summed E-state index contributed by atoms with van der Waals surface area (Å²) in [5, 5.41) is 16.6. The third-order valence-electron chi connectivity index (χ3n) is 3.70. The first-order valence-electron chi connectivity index (χ1n) is 8.35. The SMILES string of the molecule is Cc1nc(-c2cccc(NC(=O)NC(C)c3nnc(C(C)C)o3)c2)cs1. The first kappa shape index (κ1) is 18.1. The molecular formula is C18H21N5O2S.